The molecule has 10 heteroatoms. The molecule has 122 valence electrons. The molecule has 1 unspecified atom stereocenters. The Morgan fingerprint density at radius 3 is 2.70 bits per heavy atom. The molecule has 2 aliphatic heterocycles. The maximum Gasteiger partial charge on any atom is 0.378 e. The summed E-state index contributed by atoms with van der Waals surface area (Å²) < 4.78 is 32.1. The van der Waals surface area contributed by atoms with Gasteiger partial charge in [-0.05, 0) is 6.92 Å². The van der Waals surface area contributed by atoms with E-state index in [0.29, 0.717) is 0 Å². The van der Waals surface area contributed by atoms with E-state index >= 15 is 0 Å². The smallest absolute Gasteiger partial charge is 0.378 e. The van der Waals surface area contributed by atoms with Gasteiger partial charge >= 0.3 is 14.0 Å². The summed E-state index contributed by atoms with van der Waals surface area (Å²) in [6.45, 7) is 3.37. The number of hydrogen-bond donors (Lipinski definition) is 0. The minimum atomic E-state index is -3.75. The SMILES string of the molecule is [B]OC(=O)[C@@H]1N2C(=O)CC2S(=O)(=O)[C@@]1(C)C[n+]1cc(C)n(C)c1. The maximum absolute atomic E-state index is 12.9. The number of aryl methyl sites for hydroxylation is 2. The summed E-state index contributed by atoms with van der Waals surface area (Å²) in [5.74, 6) is -1.30. The molecule has 0 spiro atoms. The first-order valence-corrected chi connectivity index (χ1v) is 8.65. The van der Waals surface area contributed by atoms with Crippen LogP contribution >= 0.6 is 0 Å². The van der Waals surface area contributed by atoms with E-state index in [1.54, 1.807) is 17.1 Å². The minimum Gasteiger partial charge on any atom is -0.542 e. The fourth-order valence-electron chi connectivity index (χ4n) is 3.46. The molecule has 3 heterocycles. The van der Waals surface area contributed by atoms with E-state index in [1.165, 1.54) is 6.92 Å². The van der Waals surface area contributed by atoms with Crippen molar-refractivity contribution in [2.45, 2.75) is 43.0 Å². The Hall–Kier alpha value is -1.84. The van der Waals surface area contributed by atoms with Gasteiger partial charge in [0.25, 0.3) is 0 Å². The van der Waals surface area contributed by atoms with Crippen LogP contribution in [0.1, 0.15) is 19.0 Å². The normalized spacial score (nSPS) is 31.6. The molecule has 2 fully saturated rings. The minimum absolute atomic E-state index is 0.0249. The number of aromatic nitrogens is 2. The number of rotatable bonds is 3. The van der Waals surface area contributed by atoms with Crippen LogP contribution in [0.5, 0.6) is 0 Å². The summed E-state index contributed by atoms with van der Waals surface area (Å²) in [5, 5.41) is -0.977. The molecule has 2 saturated heterocycles. The van der Waals surface area contributed by atoms with Crippen molar-refractivity contribution in [3.63, 3.8) is 0 Å². The van der Waals surface area contributed by atoms with Crippen LogP contribution in [-0.4, -0.2) is 54.0 Å². The third-order valence-corrected chi connectivity index (χ3v) is 7.64. The van der Waals surface area contributed by atoms with E-state index in [2.05, 4.69) is 4.65 Å². The first-order chi connectivity index (χ1) is 10.6. The van der Waals surface area contributed by atoms with E-state index in [0.717, 1.165) is 10.6 Å². The lowest BCUT2D eigenvalue weighted by molar-refractivity contribution is -0.700. The molecule has 23 heavy (non-hydrogen) atoms. The molecule has 8 nitrogen and oxygen atoms in total. The Morgan fingerprint density at radius 1 is 1.57 bits per heavy atom. The molecule has 1 amide bonds. The van der Waals surface area contributed by atoms with Crippen molar-refractivity contribution in [1.82, 2.24) is 9.47 Å². The van der Waals surface area contributed by atoms with Gasteiger partial charge in [-0.1, -0.05) is 0 Å². The zero-order valence-corrected chi connectivity index (χ0v) is 13.9. The molecule has 1 aromatic heterocycles. The number of β-lactam (4-membered cyclic amide) rings is 1. The first-order valence-electron chi connectivity index (χ1n) is 7.10. The summed E-state index contributed by atoms with van der Waals surface area (Å²) in [4.78, 5) is 25.0. The standard InChI is InChI=1S/C13H17BN3O5S/c1-8-5-16(7-15(8)3)6-13(2)11(12(19)22-14)17-9(18)4-10(17)23(13,20)21/h5,7,10-11H,4,6H2,1-3H3/q+1/t10?,11-,13-/m0/s1. The third kappa shape index (κ3) is 1.97. The number of amides is 1. The van der Waals surface area contributed by atoms with Crippen LogP contribution in [0, 0.1) is 6.92 Å². The molecular formula is C13H17BN3O5S+. The van der Waals surface area contributed by atoms with Gasteiger partial charge in [0, 0.05) is 6.92 Å². The Kier molecular flexibility index (Phi) is 3.37. The molecule has 0 aromatic carbocycles. The van der Waals surface area contributed by atoms with E-state index < -0.39 is 32.0 Å². The number of fused-ring (bicyclic) bond motifs is 1. The van der Waals surface area contributed by atoms with E-state index in [4.69, 9.17) is 8.05 Å². The number of sulfone groups is 1. The van der Waals surface area contributed by atoms with Crippen LogP contribution < -0.4 is 4.57 Å². The molecule has 0 bridgehead atoms. The highest BCUT2D eigenvalue weighted by Gasteiger charge is 2.70. The maximum atomic E-state index is 12.9. The zero-order chi connectivity index (χ0) is 17.2. The van der Waals surface area contributed by atoms with Gasteiger partial charge in [0.05, 0.1) is 13.5 Å². The Morgan fingerprint density at radius 2 is 2.22 bits per heavy atom. The van der Waals surface area contributed by atoms with Crippen LogP contribution in [0.2, 0.25) is 0 Å². The second-order valence-electron chi connectivity index (χ2n) is 6.33. The highest BCUT2D eigenvalue weighted by atomic mass is 32.2. The second-order valence-corrected chi connectivity index (χ2v) is 8.89. The van der Waals surface area contributed by atoms with Gasteiger partial charge in [0.1, 0.15) is 28.6 Å². The molecule has 2 aliphatic rings. The summed E-state index contributed by atoms with van der Waals surface area (Å²) in [6.07, 6.45) is 3.41. The molecule has 0 saturated carbocycles. The third-order valence-electron chi connectivity index (χ3n) is 4.88. The lowest BCUT2D eigenvalue weighted by atomic mass is 9.96. The van der Waals surface area contributed by atoms with Gasteiger partial charge in [-0.25, -0.2) is 17.6 Å². The quantitative estimate of drug-likeness (QED) is 0.375. The monoisotopic (exact) mass is 338 g/mol. The van der Waals surface area contributed by atoms with Gasteiger partial charge in [-0.15, -0.1) is 0 Å². The summed E-state index contributed by atoms with van der Waals surface area (Å²) in [5.41, 5.74) is 0.932. The molecule has 0 N–H and O–H groups in total. The largest absolute Gasteiger partial charge is 0.542 e. The lowest BCUT2D eigenvalue weighted by Gasteiger charge is -2.36. The molecule has 2 radical (unpaired) electrons. The van der Waals surface area contributed by atoms with Crippen molar-refractivity contribution in [3.05, 3.63) is 18.2 Å². The van der Waals surface area contributed by atoms with E-state index in [9.17, 15) is 18.0 Å². The van der Waals surface area contributed by atoms with Gasteiger partial charge in [-0.3, -0.25) is 9.59 Å². The van der Waals surface area contributed by atoms with Crippen molar-refractivity contribution in [2.24, 2.45) is 7.05 Å². The lowest BCUT2D eigenvalue weighted by Crippen LogP contribution is -2.60. The average molecular weight is 338 g/mol. The predicted octanol–water partition coefficient (Wildman–Crippen LogP) is -1.64. The van der Waals surface area contributed by atoms with E-state index in [1.807, 2.05) is 18.5 Å². The summed E-state index contributed by atoms with van der Waals surface area (Å²) >= 11 is 0. The predicted molar refractivity (Wildman–Crippen MR) is 78.6 cm³/mol. The van der Waals surface area contributed by atoms with Crippen LogP contribution in [-0.2, 0) is 37.7 Å². The molecule has 1 aromatic rings. The Balaban J connectivity index is 2.08. The first kappa shape index (κ1) is 16.0. The van der Waals surface area contributed by atoms with Crippen LogP contribution in [0.4, 0.5) is 0 Å². The number of carbonyl (C=O) groups excluding carboxylic acids is 2. The number of hydrogen-bond acceptors (Lipinski definition) is 5. The van der Waals surface area contributed by atoms with Gasteiger partial charge in [0.15, 0.2) is 15.9 Å². The summed E-state index contributed by atoms with van der Waals surface area (Å²) in [7, 11) is 3.05. The van der Waals surface area contributed by atoms with Crippen molar-refractivity contribution in [2.75, 3.05) is 0 Å². The van der Waals surface area contributed by atoms with Crippen molar-refractivity contribution in [1.29, 1.82) is 0 Å². The number of carbonyl (C=O) groups is 2. The van der Waals surface area contributed by atoms with Gasteiger partial charge < -0.3 is 9.55 Å². The van der Waals surface area contributed by atoms with E-state index in [-0.39, 0.29) is 18.9 Å². The molecule has 3 atom stereocenters. The number of imidazole rings is 1. The Labute approximate surface area is 135 Å². The van der Waals surface area contributed by atoms with Gasteiger partial charge in [-0.2, -0.15) is 0 Å². The van der Waals surface area contributed by atoms with Crippen LogP contribution in [0.3, 0.4) is 0 Å². The second kappa shape index (κ2) is 4.83. The number of nitrogens with zero attached hydrogens (tertiary/aromatic N) is 3. The Bertz CT molecular complexity index is 785. The van der Waals surface area contributed by atoms with Gasteiger partial charge in [0.2, 0.25) is 12.2 Å². The molecule has 0 aliphatic carbocycles. The van der Waals surface area contributed by atoms with Crippen LogP contribution in [0.25, 0.3) is 0 Å². The van der Waals surface area contributed by atoms with Crippen molar-refractivity contribution < 1.29 is 27.2 Å². The molecule has 3 rings (SSSR count). The average Bonchev–Trinajstić information content (AvgIpc) is 2.83. The summed E-state index contributed by atoms with van der Waals surface area (Å²) in [6, 6.07) is -1.24. The highest BCUT2D eigenvalue weighted by molar-refractivity contribution is 7.93. The highest BCUT2D eigenvalue weighted by Crippen LogP contribution is 2.46. The van der Waals surface area contributed by atoms with Crippen LogP contribution in [0.15, 0.2) is 12.5 Å². The van der Waals surface area contributed by atoms with Crippen molar-refractivity contribution in [3.8, 4) is 0 Å². The van der Waals surface area contributed by atoms with Crippen molar-refractivity contribution >= 4 is 29.8 Å². The molecular weight excluding hydrogens is 321 g/mol. The fraction of sp³-hybridized carbons (Fsp3) is 0.615. The zero-order valence-electron chi connectivity index (χ0n) is 13.1. The topological polar surface area (TPSA) is 89.6 Å². The fourth-order valence-corrected chi connectivity index (χ4v) is 5.83.